The van der Waals surface area contributed by atoms with Gasteiger partial charge in [0.15, 0.2) is 0 Å². The summed E-state index contributed by atoms with van der Waals surface area (Å²) in [6.07, 6.45) is 3.40. The van der Waals surface area contributed by atoms with Crippen LogP contribution >= 0.6 is 0 Å². The molecule has 0 spiro atoms. The minimum absolute atomic E-state index is 0.0923. The van der Waals surface area contributed by atoms with Gasteiger partial charge in [-0.2, -0.15) is 0 Å². The third-order valence-electron chi connectivity index (χ3n) is 6.28. The number of aryl methyl sites for hydroxylation is 2. The van der Waals surface area contributed by atoms with Gasteiger partial charge in [-0.3, -0.25) is 9.59 Å². The van der Waals surface area contributed by atoms with Crippen LogP contribution in [0.3, 0.4) is 0 Å². The fourth-order valence-corrected chi connectivity index (χ4v) is 4.96. The van der Waals surface area contributed by atoms with Gasteiger partial charge in [0.1, 0.15) is 17.3 Å². The molecule has 1 amide bonds. The SMILES string of the molecule is COc1c(C)cc(C)cc1/C(O)=C1\C(=O)C(=O)N(C2CCCC2)C1c1ccccc1F. The molecule has 4 rings (SSSR count). The van der Waals surface area contributed by atoms with Gasteiger partial charge >= 0.3 is 0 Å². The highest BCUT2D eigenvalue weighted by atomic mass is 19.1. The smallest absolute Gasteiger partial charge is 0.295 e. The molecule has 31 heavy (non-hydrogen) atoms. The lowest BCUT2D eigenvalue weighted by atomic mass is 9.93. The molecule has 2 fully saturated rings. The number of ether oxygens (including phenoxy) is 1. The van der Waals surface area contributed by atoms with Crippen molar-refractivity contribution in [2.24, 2.45) is 0 Å². The molecule has 1 N–H and O–H groups in total. The van der Waals surface area contributed by atoms with Gasteiger partial charge in [0.25, 0.3) is 11.7 Å². The summed E-state index contributed by atoms with van der Waals surface area (Å²) in [6.45, 7) is 3.71. The number of ketones is 1. The Hall–Kier alpha value is -3.15. The number of aliphatic hydroxyl groups excluding tert-OH is 1. The first-order valence-corrected chi connectivity index (χ1v) is 10.5. The molecule has 162 valence electrons. The van der Waals surface area contributed by atoms with Crippen LogP contribution in [0.25, 0.3) is 5.76 Å². The van der Waals surface area contributed by atoms with Crippen molar-refractivity contribution >= 4 is 17.4 Å². The van der Waals surface area contributed by atoms with E-state index in [1.54, 1.807) is 24.3 Å². The van der Waals surface area contributed by atoms with E-state index in [0.717, 1.165) is 36.8 Å². The van der Waals surface area contributed by atoms with E-state index >= 15 is 0 Å². The van der Waals surface area contributed by atoms with Crippen LogP contribution in [0.2, 0.25) is 0 Å². The van der Waals surface area contributed by atoms with Crippen LogP contribution in [0.4, 0.5) is 4.39 Å². The predicted octanol–water partition coefficient (Wildman–Crippen LogP) is 4.82. The molecule has 1 atom stereocenters. The van der Waals surface area contributed by atoms with Crippen molar-refractivity contribution in [1.29, 1.82) is 0 Å². The van der Waals surface area contributed by atoms with Crippen LogP contribution in [0.15, 0.2) is 42.0 Å². The lowest BCUT2D eigenvalue weighted by Crippen LogP contribution is -2.38. The number of carbonyl (C=O) groups is 2. The monoisotopic (exact) mass is 423 g/mol. The summed E-state index contributed by atoms with van der Waals surface area (Å²) in [7, 11) is 1.49. The van der Waals surface area contributed by atoms with Gasteiger partial charge < -0.3 is 14.7 Å². The second-order valence-electron chi connectivity index (χ2n) is 8.33. The molecule has 1 heterocycles. The first kappa shape index (κ1) is 21.1. The molecular weight excluding hydrogens is 397 g/mol. The maximum atomic E-state index is 14.9. The maximum absolute atomic E-state index is 14.9. The van der Waals surface area contributed by atoms with Crippen LogP contribution in [0.5, 0.6) is 5.75 Å². The Balaban J connectivity index is 1.98. The molecule has 2 aromatic carbocycles. The zero-order valence-corrected chi connectivity index (χ0v) is 17.9. The molecular formula is C25H26FNO4. The Morgan fingerprint density at radius 1 is 1.13 bits per heavy atom. The Morgan fingerprint density at radius 2 is 1.81 bits per heavy atom. The number of carbonyl (C=O) groups excluding carboxylic acids is 2. The average molecular weight is 423 g/mol. The lowest BCUT2D eigenvalue weighted by Gasteiger charge is -2.31. The second kappa shape index (κ2) is 8.17. The first-order valence-electron chi connectivity index (χ1n) is 10.5. The summed E-state index contributed by atoms with van der Waals surface area (Å²) < 4.78 is 20.4. The normalized spacial score (nSPS) is 21.2. The van der Waals surface area contributed by atoms with Crippen molar-refractivity contribution in [2.45, 2.75) is 51.6 Å². The molecule has 0 bridgehead atoms. The second-order valence-corrected chi connectivity index (χ2v) is 8.33. The van der Waals surface area contributed by atoms with Crippen molar-refractivity contribution in [3.8, 4) is 5.75 Å². The number of halogens is 1. The number of amides is 1. The van der Waals surface area contributed by atoms with Gasteiger partial charge in [0.05, 0.1) is 24.3 Å². The number of aliphatic hydroxyl groups is 1. The highest BCUT2D eigenvalue weighted by Crippen LogP contribution is 2.45. The quantitative estimate of drug-likeness (QED) is 0.435. The molecule has 6 heteroatoms. The van der Waals surface area contributed by atoms with Gasteiger partial charge in [-0.25, -0.2) is 4.39 Å². The summed E-state index contributed by atoms with van der Waals surface area (Å²) in [6, 6.07) is 8.59. The molecule has 1 aliphatic carbocycles. The Morgan fingerprint density at radius 3 is 2.45 bits per heavy atom. The number of likely N-dealkylation sites (tertiary alicyclic amines) is 1. The number of rotatable bonds is 4. The molecule has 0 aromatic heterocycles. The highest BCUT2D eigenvalue weighted by Gasteiger charge is 2.50. The van der Waals surface area contributed by atoms with Crippen molar-refractivity contribution in [2.75, 3.05) is 7.11 Å². The average Bonchev–Trinajstić information content (AvgIpc) is 3.34. The van der Waals surface area contributed by atoms with E-state index in [9.17, 15) is 19.1 Å². The van der Waals surface area contributed by atoms with Gasteiger partial charge in [-0.1, -0.05) is 37.1 Å². The fraction of sp³-hybridized carbons (Fsp3) is 0.360. The fourth-order valence-electron chi connectivity index (χ4n) is 4.96. The number of hydrogen-bond acceptors (Lipinski definition) is 4. The van der Waals surface area contributed by atoms with Crippen LogP contribution in [0.1, 0.15) is 54.0 Å². The Labute approximate surface area is 181 Å². The summed E-state index contributed by atoms with van der Waals surface area (Å²) in [5.41, 5.74) is 2.10. The lowest BCUT2D eigenvalue weighted by molar-refractivity contribution is -0.141. The molecule has 2 aliphatic rings. The van der Waals surface area contributed by atoms with Crippen LogP contribution in [-0.4, -0.2) is 34.8 Å². The summed E-state index contributed by atoms with van der Waals surface area (Å²) in [5, 5.41) is 11.3. The van der Waals surface area contributed by atoms with Crippen LogP contribution in [0, 0.1) is 19.7 Å². The number of benzene rings is 2. The van der Waals surface area contributed by atoms with Crippen molar-refractivity contribution in [3.05, 3.63) is 70.0 Å². The van der Waals surface area contributed by atoms with Crippen LogP contribution in [-0.2, 0) is 9.59 Å². The van der Waals surface area contributed by atoms with Crippen molar-refractivity contribution in [3.63, 3.8) is 0 Å². The highest BCUT2D eigenvalue weighted by molar-refractivity contribution is 6.46. The molecule has 1 saturated carbocycles. The van der Waals surface area contributed by atoms with E-state index in [4.69, 9.17) is 4.74 Å². The molecule has 1 unspecified atom stereocenters. The van der Waals surface area contributed by atoms with E-state index in [0.29, 0.717) is 11.3 Å². The van der Waals surface area contributed by atoms with Gasteiger partial charge in [0, 0.05) is 11.6 Å². The summed E-state index contributed by atoms with van der Waals surface area (Å²) >= 11 is 0. The minimum Gasteiger partial charge on any atom is -0.507 e. The van der Waals surface area contributed by atoms with Crippen LogP contribution < -0.4 is 4.74 Å². The first-order chi connectivity index (χ1) is 14.8. The largest absolute Gasteiger partial charge is 0.507 e. The Kier molecular flexibility index (Phi) is 5.56. The Bertz CT molecular complexity index is 1080. The zero-order valence-electron chi connectivity index (χ0n) is 17.9. The number of methoxy groups -OCH3 is 1. The third kappa shape index (κ3) is 3.50. The minimum atomic E-state index is -0.977. The third-order valence-corrected chi connectivity index (χ3v) is 6.28. The molecule has 5 nitrogen and oxygen atoms in total. The molecule has 2 aromatic rings. The topological polar surface area (TPSA) is 66.8 Å². The van der Waals surface area contributed by atoms with E-state index in [1.165, 1.54) is 18.1 Å². The molecule has 0 radical (unpaired) electrons. The maximum Gasteiger partial charge on any atom is 0.295 e. The standard InChI is InChI=1S/C25H26FNO4/c1-14-12-15(2)24(31-3)18(13-14)22(28)20-21(17-10-6-7-11-19(17)26)27(25(30)23(20)29)16-8-4-5-9-16/h6-7,10-13,16,21,28H,4-5,8-9H2,1-3H3/b22-20+. The van der Waals surface area contributed by atoms with Gasteiger partial charge in [0.2, 0.25) is 0 Å². The van der Waals surface area contributed by atoms with E-state index < -0.39 is 23.5 Å². The number of hydrogen-bond donors (Lipinski definition) is 1. The van der Waals surface area contributed by atoms with Crippen molar-refractivity contribution in [1.82, 2.24) is 4.90 Å². The van der Waals surface area contributed by atoms with Crippen molar-refractivity contribution < 1.29 is 23.8 Å². The van der Waals surface area contributed by atoms with E-state index in [2.05, 4.69) is 0 Å². The van der Waals surface area contributed by atoms with Gasteiger partial charge in [-0.05, 0) is 49.9 Å². The summed E-state index contributed by atoms with van der Waals surface area (Å²) in [5.74, 6) is -1.92. The van der Waals surface area contributed by atoms with E-state index in [1.807, 2.05) is 19.9 Å². The predicted molar refractivity (Wildman–Crippen MR) is 115 cm³/mol. The number of Topliss-reactive ketones (excluding diaryl/α,β-unsaturated/α-hetero) is 1. The summed E-state index contributed by atoms with van der Waals surface area (Å²) in [4.78, 5) is 27.8. The molecule has 1 aliphatic heterocycles. The molecule has 1 saturated heterocycles. The zero-order chi connectivity index (χ0) is 22.3. The number of nitrogens with zero attached hydrogens (tertiary/aromatic N) is 1. The van der Waals surface area contributed by atoms with E-state index in [-0.39, 0.29) is 22.9 Å². The van der Waals surface area contributed by atoms with Gasteiger partial charge in [-0.15, -0.1) is 0 Å².